The molecule has 0 aliphatic carbocycles. The second kappa shape index (κ2) is 12.5. The molecule has 4 aromatic rings. The van der Waals surface area contributed by atoms with Crippen LogP contribution in [0.5, 0.6) is 11.5 Å². The largest absolute Gasteiger partial charge is 0.493 e. The van der Waals surface area contributed by atoms with Crippen molar-refractivity contribution < 1.29 is 22.7 Å². The second-order valence-corrected chi connectivity index (χ2v) is 11.6. The molecule has 2 heterocycles. The Morgan fingerprint density at radius 1 is 0.975 bits per heavy atom. The number of hydrogen-bond donors (Lipinski definition) is 1. The number of methoxy groups -OCH3 is 1. The van der Waals surface area contributed by atoms with Gasteiger partial charge in [-0.3, -0.25) is 9.78 Å². The first-order valence-corrected chi connectivity index (χ1v) is 14.9. The molecule has 1 aliphatic heterocycles. The van der Waals surface area contributed by atoms with Crippen LogP contribution in [0.3, 0.4) is 0 Å². The highest BCUT2D eigenvalue weighted by atomic mass is 32.2. The molecule has 1 aromatic heterocycles. The number of ether oxygens (including phenoxy) is 2. The minimum Gasteiger partial charge on any atom is -0.493 e. The van der Waals surface area contributed by atoms with Crippen LogP contribution in [-0.4, -0.2) is 49.9 Å². The zero-order valence-corrected chi connectivity index (χ0v) is 23.3. The fourth-order valence-corrected chi connectivity index (χ4v) is 6.85. The maximum absolute atomic E-state index is 14.3. The molecule has 0 saturated carbocycles. The van der Waals surface area contributed by atoms with E-state index in [0.29, 0.717) is 48.4 Å². The number of nitrogens with one attached hydrogen (secondary N) is 1. The SMILES string of the molecule is COc1cc(CN([C@H]2CCCCNC2=O)S(=O)(=O)c2cccc3ccccc23)ccc1OCCc1ccccn1. The Morgan fingerprint density at radius 2 is 1.80 bits per heavy atom. The van der Waals surface area contributed by atoms with Gasteiger partial charge in [0.2, 0.25) is 15.9 Å². The van der Waals surface area contributed by atoms with Crippen LogP contribution in [0, 0.1) is 0 Å². The Hall–Kier alpha value is -3.95. The molecule has 1 N–H and O–H groups in total. The van der Waals surface area contributed by atoms with E-state index in [1.165, 1.54) is 4.31 Å². The van der Waals surface area contributed by atoms with E-state index in [1.807, 2.05) is 48.5 Å². The fraction of sp³-hybridized carbons (Fsp3) is 0.290. The van der Waals surface area contributed by atoms with Gasteiger partial charge < -0.3 is 14.8 Å². The van der Waals surface area contributed by atoms with Crippen LogP contribution < -0.4 is 14.8 Å². The number of carbonyl (C=O) groups excluding carboxylic acids is 1. The van der Waals surface area contributed by atoms with Crippen molar-refractivity contribution in [3.05, 3.63) is 96.3 Å². The molecular weight excluding hydrogens is 526 g/mol. The molecule has 208 valence electrons. The lowest BCUT2D eigenvalue weighted by Gasteiger charge is -2.30. The van der Waals surface area contributed by atoms with Gasteiger partial charge in [-0.15, -0.1) is 0 Å². The zero-order chi connectivity index (χ0) is 28.0. The predicted octanol–water partition coefficient (Wildman–Crippen LogP) is 4.72. The zero-order valence-electron chi connectivity index (χ0n) is 22.5. The summed E-state index contributed by atoms with van der Waals surface area (Å²) in [5, 5.41) is 4.34. The Balaban J connectivity index is 1.45. The van der Waals surface area contributed by atoms with Gasteiger partial charge in [0.05, 0.1) is 18.6 Å². The van der Waals surface area contributed by atoms with Gasteiger partial charge in [0, 0.05) is 36.8 Å². The van der Waals surface area contributed by atoms with E-state index >= 15 is 0 Å². The van der Waals surface area contributed by atoms with Gasteiger partial charge in [-0.2, -0.15) is 4.31 Å². The molecule has 5 rings (SSSR count). The number of amides is 1. The molecule has 9 heteroatoms. The van der Waals surface area contributed by atoms with Crippen molar-refractivity contribution in [3.8, 4) is 11.5 Å². The number of sulfonamides is 1. The summed E-state index contributed by atoms with van der Waals surface area (Å²) in [5.74, 6) is 0.770. The molecule has 0 radical (unpaired) electrons. The lowest BCUT2D eigenvalue weighted by Crippen LogP contribution is -2.48. The van der Waals surface area contributed by atoms with Crippen molar-refractivity contribution in [1.29, 1.82) is 0 Å². The fourth-order valence-electron chi connectivity index (χ4n) is 5.03. The highest BCUT2D eigenvalue weighted by Crippen LogP contribution is 2.33. The summed E-state index contributed by atoms with van der Waals surface area (Å²) in [6.07, 6.45) is 4.39. The molecule has 0 spiro atoms. The molecule has 1 saturated heterocycles. The van der Waals surface area contributed by atoms with Crippen molar-refractivity contribution in [3.63, 3.8) is 0 Å². The molecule has 40 heavy (non-hydrogen) atoms. The van der Waals surface area contributed by atoms with E-state index < -0.39 is 16.1 Å². The Kier molecular flexibility index (Phi) is 8.62. The third-order valence-electron chi connectivity index (χ3n) is 7.10. The van der Waals surface area contributed by atoms with Crippen molar-refractivity contribution in [2.45, 2.75) is 43.2 Å². The first-order valence-electron chi connectivity index (χ1n) is 13.4. The van der Waals surface area contributed by atoms with Crippen LogP contribution in [0.2, 0.25) is 0 Å². The molecule has 3 aromatic carbocycles. The van der Waals surface area contributed by atoms with E-state index in [9.17, 15) is 13.2 Å². The van der Waals surface area contributed by atoms with Gasteiger partial charge in [-0.25, -0.2) is 8.42 Å². The van der Waals surface area contributed by atoms with Crippen LogP contribution in [0.25, 0.3) is 10.8 Å². The Bertz CT molecular complexity index is 1570. The summed E-state index contributed by atoms with van der Waals surface area (Å²) >= 11 is 0. The monoisotopic (exact) mass is 559 g/mol. The van der Waals surface area contributed by atoms with E-state index in [-0.39, 0.29) is 17.3 Å². The molecule has 0 unspecified atom stereocenters. The van der Waals surface area contributed by atoms with Gasteiger partial charge in [0.1, 0.15) is 6.04 Å². The minimum absolute atomic E-state index is 0.00815. The summed E-state index contributed by atoms with van der Waals surface area (Å²) in [7, 11) is -2.51. The van der Waals surface area contributed by atoms with E-state index in [4.69, 9.17) is 9.47 Å². The van der Waals surface area contributed by atoms with Crippen LogP contribution in [0.4, 0.5) is 0 Å². The maximum Gasteiger partial charge on any atom is 0.244 e. The number of benzene rings is 3. The molecule has 1 atom stereocenters. The average molecular weight is 560 g/mol. The van der Waals surface area contributed by atoms with Crippen LogP contribution in [0.15, 0.2) is 90.0 Å². The van der Waals surface area contributed by atoms with Crippen molar-refractivity contribution in [1.82, 2.24) is 14.6 Å². The second-order valence-electron chi connectivity index (χ2n) is 9.73. The molecule has 0 bridgehead atoms. The number of fused-ring (bicyclic) bond motifs is 1. The smallest absolute Gasteiger partial charge is 0.244 e. The van der Waals surface area contributed by atoms with Gasteiger partial charge in [0.15, 0.2) is 11.5 Å². The van der Waals surface area contributed by atoms with Gasteiger partial charge in [-0.1, -0.05) is 48.5 Å². The van der Waals surface area contributed by atoms with Crippen molar-refractivity contribution in [2.24, 2.45) is 0 Å². The lowest BCUT2D eigenvalue weighted by molar-refractivity contribution is -0.124. The average Bonchev–Trinajstić information content (AvgIpc) is 3.20. The minimum atomic E-state index is -4.06. The third kappa shape index (κ3) is 6.11. The molecule has 1 amide bonds. The van der Waals surface area contributed by atoms with Crippen molar-refractivity contribution in [2.75, 3.05) is 20.3 Å². The predicted molar refractivity (Wildman–Crippen MR) is 154 cm³/mol. The quantitative estimate of drug-likeness (QED) is 0.302. The number of hydrogen-bond acceptors (Lipinski definition) is 6. The lowest BCUT2D eigenvalue weighted by atomic mass is 10.1. The molecule has 1 fully saturated rings. The standard InChI is InChI=1S/C31H33N3O5S/c1-38-29-21-23(15-16-28(29)39-20-17-25-11-4-6-18-32-25)22-34(27-13-5-7-19-33-31(27)35)40(36,37)30-14-8-10-24-9-2-3-12-26(24)30/h2-4,6,8-12,14-16,18,21,27H,5,7,13,17,19-20,22H2,1H3,(H,33,35)/t27-/m0/s1. The molecule has 8 nitrogen and oxygen atoms in total. The number of pyridine rings is 1. The van der Waals surface area contributed by atoms with Gasteiger partial charge >= 0.3 is 0 Å². The summed E-state index contributed by atoms with van der Waals surface area (Å²) in [6.45, 7) is 0.959. The highest BCUT2D eigenvalue weighted by Gasteiger charge is 2.37. The number of rotatable bonds is 10. The number of aromatic nitrogens is 1. The first kappa shape index (κ1) is 27.6. The highest BCUT2D eigenvalue weighted by molar-refractivity contribution is 7.89. The topological polar surface area (TPSA) is 97.8 Å². The van der Waals surface area contributed by atoms with E-state index in [1.54, 1.807) is 43.6 Å². The Labute approximate surface area is 235 Å². The molecule has 1 aliphatic rings. The number of carbonyl (C=O) groups is 1. The molecular formula is C31H33N3O5S. The van der Waals surface area contributed by atoms with Crippen LogP contribution >= 0.6 is 0 Å². The summed E-state index contributed by atoms with van der Waals surface area (Å²) in [4.78, 5) is 17.6. The van der Waals surface area contributed by atoms with Crippen LogP contribution in [-0.2, 0) is 27.8 Å². The maximum atomic E-state index is 14.3. The summed E-state index contributed by atoms with van der Waals surface area (Å²) in [5.41, 5.74) is 1.61. The normalized spacial score (nSPS) is 15.9. The third-order valence-corrected chi connectivity index (χ3v) is 9.01. The van der Waals surface area contributed by atoms with E-state index in [2.05, 4.69) is 10.3 Å². The first-order chi connectivity index (χ1) is 19.5. The van der Waals surface area contributed by atoms with Gasteiger partial charge in [0.25, 0.3) is 0 Å². The Morgan fingerprint density at radius 3 is 2.62 bits per heavy atom. The summed E-state index contributed by atoms with van der Waals surface area (Å²) in [6, 6.07) is 22.9. The van der Waals surface area contributed by atoms with E-state index in [0.717, 1.165) is 23.9 Å². The van der Waals surface area contributed by atoms with Gasteiger partial charge in [-0.05, 0) is 60.5 Å². The number of nitrogens with zero attached hydrogens (tertiary/aromatic N) is 2. The summed E-state index contributed by atoms with van der Waals surface area (Å²) < 4.78 is 41.5. The van der Waals surface area contributed by atoms with Crippen molar-refractivity contribution >= 4 is 26.7 Å². The van der Waals surface area contributed by atoms with Crippen LogP contribution in [0.1, 0.15) is 30.5 Å².